The van der Waals surface area contributed by atoms with Crippen molar-refractivity contribution in [2.45, 2.75) is 20.4 Å². The fourth-order valence-electron chi connectivity index (χ4n) is 2.76. The quantitative estimate of drug-likeness (QED) is 0.712. The number of anilines is 2. The van der Waals surface area contributed by atoms with E-state index in [1.807, 2.05) is 37.3 Å². The summed E-state index contributed by atoms with van der Waals surface area (Å²) in [5, 5.41) is 3.00. The van der Waals surface area contributed by atoms with Gasteiger partial charge in [-0.2, -0.15) is 0 Å². The summed E-state index contributed by atoms with van der Waals surface area (Å²) < 4.78 is 13.8. The van der Waals surface area contributed by atoms with E-state index in [0.29, 0.717) is 29.4 Å². The molecule has 5 nitrogen and oxygen atoms in total. The molecule has 0 aliphatic carbocycles. The molecular formula is C21H21FN4O. The van der Waals surface area contributed by atoms with Gasteiger partial charge < -0.3 is 10.2 Å². The van der Waals surface area contributed by atoms with Gasteiger partial charge in [0.15, 0.2) is 0 Å². The zero-order valence-electron chi connectivity index (χ0n) is 15.3. The van der Waals surface area contributed by atoms with Crippen LogP contribution in [-0.4, -0.2) is 22.4 Å². The molecule has 0 aliphatic heterocycles. The van der Waals surface area contributed by atoms with Gasteiger partial charge in [-0.15, -0.1) is 0 Å². The number of para-hydroxylation sites is 1. The summed E-state index contributed by atoms with van der Waals surface area (Å²) in [6.45, 7) is 4.46. The van der Waals surface area contributed by atoms with E-state index in [4.69, 9.17) is 0 Å². The predicted molar refractivity (Wildman–Crippen MR) is 104 cm³/mol. The second-order valence-corrected chi connectivity index (χ2v) is 6.05. The molecule has 2 aromatic carbocycles. The summed E-state index contributed by atoms with van der Waals surface area (Å²) in [6, 6.07) is 17.6. The van der Waals surface area contributed by atoms with Crippen LogP contribution in [-0.2, 0) is 6.54 Å². The zero-order chi connectivity index (χ0) is 19.2. The lowest BCUT2D eigenvalue weighted by Gasteiger charge is -2.21. The number of amides is 1. The van der Waals surface area contributed by atoms with Crippen molar-refractivity contribution >= 4 is 17.5 Å². The van der Waals surface area contributed by atoms with Crippen molar-refractivity contribution in [3.05, 3.63) is 83.4 Å². The lowest BCUT2D eigenvalue weighted by atomic mass is 10.2. The van der Waals surface area contributed by atoms with Crippen molar-refractivity contribution in [1.82, 2.24) is 9.97 Å². The van der Waals surface area contributed by atoms with Crippen molar-refractivity contribution in [3.63, 3.8) is 0 Å². The van der Waals surface area contributed by atoms with Gasteiger partial charge in [-0.1, -0.05) is 36.4 Å². The highest BCUT2D eigenvalue weighted by Gasteiger charge is 2.18. The molecule has 1 N–H and O–H groups in total. The molecule has 0 atom stereocenters. The average molecular weight is 364 g/mol. The van der Waals surface area contributed by atoms with Gasteiger partial charge in [0.1, 0.15) is 11.5 Å². The number of rotatable bonds is 6. The maximum Gasteiger partial charge on any atom is 0.277 e. The Bertz CT molecular complexity index is 930. The van der Waals surface area contributed by atoms with Gasteiger partial charge in [-0.3, -0.25) is 4.79 Å². The van der Waals surface area contributed by atoms with Gasteiger partial charge in [0, 0.05) is 30.0 Å². The predicted octanol–water partition coefficient (Wildman–Crippen LogP) is 4.20. The standard InChI is InChI=1S/C21H21FN4O/c1-3-26(17-10-5-4-6-11-17)20(27)19-13-15(2)24-21(25-19)23-14-16-9-7-8-12-18(16)22/h4-13H,3,14H2,1-2H3,(H,23,24,25). The summed E-state index contributed by atoms with van der Waals surface area (Å²) in [7, 11) is 0. The van der Waals surface area contributed by atoms with E-state index in [-0.39, 0.29) is 18.3 Å². The van der Waals surface area contributed by atoms with E-state index in [1.54, 1.807) is 36.1 Å². The van der Waals surface area contributed by atoms with Gasteiger partial charge in [-0.05, 0) is 38.1 Å². The first-order valence-electron chi connectivity index (χ1n) is 8.78. The average Bonchev–Trinajstić information content (AvgIpc) is 2.68. The molecule has 0 unspecified atom stereocenters. The van der Waals surface area contributed by atoms with Crippen LogP contribution in [0.15, 0.2) is 60.7 Å². The zero-order valence-corrected chi connectivity index (χ0v) is 15.3. The summed E-state index contributed by atoms with van der Waals surface area (Å²) in [5.41, 5.74) is 2.27. The minimum Gasteiger partial charge on any atom is -0.350 e. The lowest BCUT2D eigenvalue weighted by Crippen LogP contribution is -2.31. The largest absolute Gasteiger partial charge is 0.350 e. The molecule has 0 radical (unpaired) electrons. The molecule has 3 aromatic rings. The Balaban J connectivity index is 1.82. The van der Waals surface area contributed by atoms with Crippen LogP contribution in [0.4, 0.5) is 16.0 Å². The highest BCUT2D eigenvalue weighted by atomic mass is 19.1. The van der Waals surface area contributed by atoms with Crippen LogP contribution >= 0.6 is 0 Å². The molecule has 3 rings (SSSR count). The summed E-state index contributed by atoms with van der Waals surface area (Å²) in [5.74, 6) is -0.205. The molecule has 0 fully saturated rings. The maximum absolute atomic E-state index is 13.8. The van der Waals surface area contributed by atoms with Crippen LogP contribution < -0.4 is 10.2 Å². The van der Waals surface area contributed by atoms with E-state index >= 15 is 0 Å². The molecule has 1 aromatic heterocycles. The van der Waals surface area contributed by atoms with Crippen LogP contribution in [0, 0.1) is 12.7 Å². The van der Waals surface area contributed by atoms with Crippen molar-refractivity contribution in [2.24, 2.45) is 0 Å². The van der Waals surface area contributed by atoms with Crippen LogP contribution in [0.3, 0.4) is 0 Å². The van der Waals surface area contributed by atoms with E-state index in [9.17, 15) is 9.18 Å². The molecule has 0 saturated heterocycles. The van der Waals surface area contributed by atoms with Crippen LogP contribution in [0.25, 0.3) is 0 Å². The van der Waals surface area contributed by atoms with E-state index in [2.05, 4.69) is 15.3 Å². The molecule has 0 spiro atoms. The molecular weight excluding hydrogens is 343 g/mol. The van der Waals surface area contributed by atoms with Crippen LogP contribution in [0.2, 0.25) is 0 Å². The number of carbonyl (C=O) groups excluding carboxylic acids is 1. The van der Waals surface area contributed by atoms with Gasteiger partial charge >= 0.3 is 0 Å². The minimum atomic E-state index is -0.296. The fraction of sp³-hybridized carbons (Fsp3) is 0.190. The Hall–Kier alpha value is -3.28. The van der Waals surface area contributed by atoms with Crippen LogP contribution in [0.5, 0.6) is 0 Å². The Morgan fingerprint density at radius 3 is 2.48 bits per heavy atom. The summed E-state index contributed by atoms with van der Waals surface area (Å²) >= 11 is 0. The smallest absolute Gasteiger partial charge is 0.277 e. The van der Waals surface area contributed by atoms with E-state index in [0.717, 1.165) is 5.69 Å². The Morgan fingerprint density at radius 2 is 1.78 bits per heavy atom. The minimum absolute atomic E-state index is 0.205. The van der Waals surface area contributed by atoms with Gasteiger partial charge in [0.2, 0.25) is 5.95 Å². The molecule has 27 heavy (non-hydrogen) atoms. The number of hydrogen-bond acceptors (Lipinski definition) is 4. The van der Waals surface area contributed by atoms with Crippen LogP contribution in [0.1, 0.15) is 28.7 Å². The molecule has 0 bridgehead atoms. The second kappa shape index (κ2) is 8.40. The highest BCUT2D eigenvalue weighted by molar-refractivity contribution is 6.04. The van der Waals surface area contributed by atoms with Gasteiger partial charge in [0.25, 0.3) is 5.91 Å². The van der Waals surface area contributed by atoms with Crippen molar-refractivity contribution in [2.75, 3.05) is 16.8 Å². The molecule has 6 heteroatoms. The fourth-order valence-corrected chi connectivity index (χ4v) is 2.76. The van der Waals surface area contributed by atoms with E-state index in [1.165, 1.54) is 6.07 Å². The first kappa shape index (κ1) is 18.5. The number of benzene rings is 2. The topological polar surface area (TPSA) is 58.1 Å². The third kappa shape index (κ3) is 4.47. The van der Waals surface area contributed by atoms with Gasteiger partial charge in [0.05, 0.1) is 0 Å². The first-order valence-corrected chi connectivity index (χ1v) is 8.78. The third-order valence-corrected chi connectivity index (χ3v) is 4.10. The number of nitrogens with one attached hydrogen (secondary N) is 1. The number of aromatic nitrogens is 2. The maximum atomic E-state index is 13.8. The highest BCUT2D eigenvalue weighted by Crippen LogP contribution is 2.17. The Kier molecular flexibility index (Phi) is 5.76. The summed E-state index contributed by atoms with van der Waals surface area (Å²) in [4.78, 5) is 23.3. The molecule has 0 saturated carbocycles. The summed E-state index contributed by atoms with van der Waals surface area (Å²) in [6.07, 6.45) is 0. The molecule has 1 heterocycles. The molecule has 0 aliphatic rings. The number of halogens is 1. The van der Waals surface area contributed by atoms with E-state index < -0.39 is 0 Å². The normalized spacial score (nSPS) is 10.5. The Labute approximate surface area is 157 Å². The molecule has 1 amide bonds. The van der Waals surface area contributed by atoms with Gasteiger partial charge in [-0.25, -0.2) is 14.4 Å². The van der Waals surface area contributed by atoms with Crippen molar-refractivity contribution in [1.29, 1.82) is 0 Å². The lowest BCUT2D eigenvalue weighted by molar-refractivity contribution is 0.0983. The first-order chi connectivity index (χ1) is 13.1. The number of carbonyl (C=O) groups is 1. The monoisotopic (exact) mass is 364 g/mol. The number of hydrogen-bond donors (Lipinski definition) is 1. The van der Waals surface area contributed by atoms with Crippen molar-refractivity contribution in [3.8, 4) is 0 Å². The third-order valence-electron chi connectivity index (χ3n) is 4.10. The second-order valence-electron chi connectivity index (χ2n) is 6.05. The Morgan fingerprint density at radius 1 is 1.07 bits per heavy atom. The number of nitrogens with zero attached hydrogens (tertiary/aromatic N) is 3. The SMILES string of the molecule is CCN(C(=O)c1cc(C)nc(NCc2ccccc2F)n1)c1ccccc1. The number of aryl methyl sites for hydroxylation is 1. The molecule has 138 valence electrons. The van der Waals surface area contributed by atoms with Crippen molar-refractivity contribution < 1.29 is 9.18 Å².